The Hall–Kier alpha value is -0.150. The third kappa shape index (κ3) is 2.75. The van der Waals surface area contributed by atoms with Gasteiger partial charge in [-0.15, -0.1) is 0 Å². The topological polar surface area (TPSA) is 35.2 Å². The molecule has 1 aliphatic carbocycles. The van der Waals surface area contributed by atoms with Gasteiger partial charge in [-0.25, -0.2) is 4.39 Å². The largest absolute Gasteiger partial charge is 0.377 e. The molecule has 1 rings (SSSR count). The first kappa shape index (κ1) is 8.94. The van der Waals surface area contributed by atoms with Crippen molar-refractivity contribution < 1.29 is 9.13 Å². The molecule has 0 radical (unpaired) electrons. The molecular weight excluding hydrogens is 145 g/mol. The Balaban J connectivity index is 2.13. The number of rotatable bonds is 4. The van der Waals surface area contributed by atoms with Crippen LogP contribution in [0, 0.1) is 0 Å². The second-order valence-electron chi connectivity index (χ2n) is 3.31. The van der Waals surface area contributed by atoms with Gasteiger partial charge >= 0.3 is 0 Å². The summed E-state index contributed by atoms with van der Waals surface area (Å²) in [5.74, 6) is 0. The molecule has 0 aliphatic heterocycles. The second-order valence-corrected chi connectivity index (χ2v) is 3.31. The van der Waals surface area contributed by atoms with Gasteiger partial charge in [0.2, 0.25) is 0 Å². The van der Waals surface area contributed by atoms with Gasteiger partial charge in [0.1, 0.15) is 6.67 Å². The molecular formula is C8H16FNO. The first-order valence-electron chi connectivity index (χ1n) is 4.19. The van der Waals surface area contributed by atoms with E-state index in [9.17, 15) is 4.39 Å². The highest BCUT2D eigenvalue weighted by Crippen LogP contribution is 2.27. The molecule has 0 amide bonds. The van der Waals surface area contributed by atoms with Crippen LogP contribution in [0.3, 0.4) is 0 Å². The van der Waals surface area contributed by atoms with Gasteiger partial charge in [-0.1, -0.05) is 12.8 Å². The van der Waals surface area contributed by atoms with E-state index in [1.807, 2.05) is 0 Å². The van der Waals surface area contributed by atoms with Gasteiger partial charge in [0, 0.05) is 5.54 Å². The highest BCUT2D eigenvalue weighted by atomic mass is 19.1. The van der Waals surface area contributed by atoms with Crippen LogP contribution < -0.4 is 5.73 Å². The Kier molecular flexibility index (Phi) is 3.27. The summed E-state index contributed by atoms with van der Waals surface area (Å²) in [6, 6.07) is 0. The van der Waals surface area contributed by atoms with E-state index in [1.54, 1.807) is 0 Å². The number of halogens is 1. The number of alkyl halides is 1. The summed E-state index contributed by atoms with van der Waals surface area (Å²) < 4.78 is 16.7. The first-order chi connectivity index (χ1) is 5.27. The summed E-state index contributed by atoms with van der Waals surface area (Å²) in [6.45, 7) is 0.311. The maximum absolute atomic E-state index is 11.6. The maximum atomic E-state index is 11.6. The Morgan fingerprint density at radius 1 is 1.36 bits per heavy atom. The third-order valence-corrected chi connectivity index (χ3v) is 2.21. The summed E-state index contributed by atoms with van der Waals surface area (Å²) in [7, 11) is 0. The van der Waals surface area contributed by atoms with Gasteiger partial charge in [-0.05, 0) is 12.8 Å². The molecule has 0 bridgehead atoms. The van der Waals surface area contributed by atoms with Crippen LogP contribution in [0.2, 0.25) is 0 Å². The van der Waals surface area contributed by atoms with Gasteiger partial charge in [-0.2, -0.15) is 0 Å². The lowest BCUT2D eigenvalue weighted by atomic mass is 10.0. The number of hydrogen-bond acceptors (Lipinski definition) is 2. The van der Waals surface area contributed by atoms with Gasteiger partial charge in [0.05, 0.1) is 13.2 Å². The smallest absolute Gasteiger partial charge is 0.113 e. The highest BCUT2D eigenvalue weighted by Gasteiger charge is 2.29. The summed E-state index contributed by atoms with van der Waals surface area (Å²) in [5.41, 5.74) is 5.81. The third-order valence-electron chi connectivity index (χ3n) is 2.21. The van der Waals surface area contributed by atoms with Crippen molar-refractivity contribution in [2.24, 2.45) is 5.73 Å². The van der Waals surface area contributed by atoms with E-state index >= 15 is 0 Å². The zero-order chi connectivity index (χ0) is 8.16. The molecule has 0 aromatic carbocycles. The van der Waals surface area contributed by atoms with E-state index in [-0.39, 0.29) is 12.1 Å². The van der Waals surface area contributed by atoms with E-state index in [0.29, 0.717) is 6.61 Å². The predicted octanol–water partition coefficient (Wildman–Crippen LogP) is 1.24. The molecule has 1 aliphatic rings. The van der Waals surface area contributed by atoms with Crippen molar-refractivity contribution >= 4 is 0 Å². The van der Waals surface area contributed by atoms with E-state index < -0.39 is 6.67 Å². The van der Waals surface area contributed by atoms with Crippen LogP contribution in [0.4, 0.5) is 4.39 Å². The van der Waals surface area contributed by atoms with Gasteiger partial charge < -0.3 is 10.5 Å². The van der Waals surface area contributed by atoms with E-state index in [1.165, 1.54) is 12.8 Å². The lowest BCUT2D eigenvalue weighted by Crippen LogP contribution is -2.41. The summed E-state index contributed by atoms with van der Waals surface area (Å²) in [4.78, 5) is 0. The minimum absolute atomic E-state index is 0.144. The quantitative estimate of drug-likeness (QED) is 0.630. The molecule has 0 unspecified atom stereocenters. The van der Waals surface area contributed by atoms with E-state index in [0.717, 1.165) is 12.8 Å². The molecule has 3 heteroatoms. The average Bonchev–Trinajstić information content (AvgIpc) is 2.38. The fourth-order valence-corrected chi connectivity index (χ4v) is 1.55. The van der Waals surface area contributed by atoms with Crippen molar-refractivity contribution in [3.05, 3.63) is 0 Å². The molecule has 0 aromatic heterocycles. The minimum Gasteiger partial charge on any atom is -0.377 e. The Labute approximate surface area is 66.9 Å². The Bertz CT molecular complexity index is 113. The van der Waals surface area contributed by atoms with Gasteiger partial charge in [0.25, 0.3) is 0 Å². The SMILES string of the molecule is NC1(COCCF)CCCC1. The average molecular weight is 161 g/mol. The number of hydrogen-bond donors (Lipinski definition) is 1. The van der Waals surface area contributed by atoms with Crippen LogP contribution >= 0.6 is 0 Å². The van der Waals surface area contributed by atoms with Gasteiger partial charge in [-0.3, -0.25) is 0 Å². The first-order valence-corrected chi connectivity index (χ1v) is 4.19. The van der Waals surface area contributed by atoms with E-state index in [4.69, 9.17) is 10.5 Å². The van der Waals surface area contributed by atoms with Crippen molar-refractivity contribution in [2.45, 2.75) is 31.2 Å². The zero-order valence-corrected chi connectivity index (χ0v) is 6.81. The van der Waals surface area contributed by atoms with Gasteiger partial charge in [0.15, 0.2) is 0 Å². The molecule has 66 valence electrons. The molecule has 2 N–H and O–H groups in total. The zero-order valence-electron chi connectivity index (χ0n) is 6.81. The van der Waals surface area contributed by atoms with Crippen molar-refractivity contribution in [2.75, 3.05) is 19.9 Å². The Morgan fingerprint density at radius 2 is 2.00 bits per heavy atom. The Morgan fingerprint density at radius 3 is 2.55 bits per heavy atom. The molecule has 0 saturated heterocycles. The second kappa shape index (κ2) is 4.02. The van der Waals surface area contributed by atoms with Crippen LogP contribution in [0.25, 0.3) is 0 Å². The summed E-state index contributed by atoms with van der Waals surface area (Å²) in [6.07, 6.45) is 4.43. The molecule has 11 heavy (non-hydrogen) atoms. The fraction of sp³-hybridized carbons (Fsp3) is 1.00. The van der Waals surface area contributed by atoms with Crippen molar-refractivity contribution in [1.82, 2.24) is 0 Å². The van der Waals surface area contributed by atoms with Crippen LogP contribution in [0.1, 0.15) is 25.7 Å². The van der Waals surface area contributed by atoms with Crippen molar-refractivity contribution in [3.63, 3.8) is 0 Å². The summed E-state index contributed by atoms with van der Waals surface area (Å²) in [5, 5.41) is 0. The van der Waals surface area contributed by atoms with Crippen LogP contribution in [0.15, 0.2) is 0 Å². The molecule has 0 atom stereocenters. The lowest BCUT2D eigenvalue weighted by Gasteiger charge is -2.22. The molecule has 0 heterocycles. The molecule has 1 fully saturated rings. The normalized spacial score (nSPS) is 22.4. The predicted molar refractivity (Wildman–Crippen MR) is 42.2 cm³/mol. The molecule has 2 nitrogen and oxygen atoms in total. The minimum atomic E-state index is -0.407. The standard InChI is InChI=1S/C8H16FNO/c9-5-6-11-7-8(10)3-1-2-4-8/h1-7,10H2. The van der Waals surface area contributed by atoms with Crippen LogP contribution in [-0.2, 0) is 4.74 Å². The van der Waals surface area contributed by atoms with Crippen molar-refractivity contribution in [3.8, 4) is 0 Å². The van der Waals surface area contributed by atoms with Crippen LogP contribution in [0.5, 0.6) is 0 Å². The number of ether oxygens (including phenoxy) is 1. The lowest BCUT2D eigenvalue weighted by molar-refractivity contribution is 0.0768. The fourth-order valence-electron chi connectivity index (χ4n) is 1.55. The van der Waals surface area contributed by atoms with E-state index in [2.05, 4.69) is 0 Å². The highest BCUT2D eigenvalue weighted by molar-refractivity contribution is 4.88. The van der Waals surface area contributed by atoms with Crippen LogP contribution in [-0.4, -0.2) is 25.4 Å². The molecule has 1 saturated carbocycles. The molecule has 0 spiro atoms. The monoisotopic (exact) mass is 161 g/mol. The maximum Gasteiger partial charge on any atom is 0.113 e. The molecule has 0 aromatic rings. The van der Waals surface area contributed by atoms with Crippen molar-refractivity contribution in [1.29, 1.82) is 0 Å². The number of nitrogens with two attached hydrogens (primary N) is 1. The summed E-state index contributed by atoms with van der Waals surface area (Å²) >= 11 is 0.